The van der Waals surface area contributed by atoms with Crippen LogP contribution in [0.15, 0.2) is 48.0 Å². The fraction of sp³-hybridized carbons (Fsp3) is 0.136. The molecule has 0 spiro atoms. The number of benzene rings is 2. The second-order valence-electron chi connectivity index (χ2n) is 6.89. The van der Waals surface area contributed by atoms with Gasteiger partial charge in [-0.1, -0.05) is 11.6 Å². The van der Waals surface area contributed by atoms with E-state index in [1.54, 1.807) is 31.5 Å². The molecule has 0 atom stereocenters. The number of H-pyrrole nitrogens is 1. The van der Waals surface area contributed by atoms with Gasteiger partial charge in [0.25, 0.3) is 0 Å². The summed E-state index contributed by atoms with van der Waals surface area (Å²) in [4.78, 5) is 18.3. The lowest BCUT2D eigenvalue weighted by molar-refractivity contribution is 0.0697. The Hall–Kier alpha value is -3.36. The topological polar surface area (TPSA) is 91.3 Å². The molecule has 2 N–H and O–H groups in total. The first-order valence-corrected chi connectivity index (χ1v) is 10.6. The minimum atomic E-state index is -1.07. The molecule has 7 nitrogen and oxygen atoms in total. The van der Waals surface area contributed by atoms with Crippen LogP contribution in [-0.2, 0) is 0 Å². The number of aromatic nitrogens is 3. The van der Waals surface area contributed by atoms with Gasteiger partial charge in [-0.25, -0.2) is 9.78 Å². The van der Waals surface area contributed by atoms with E-state index >= 15 is 0 Å². The highest BCUT2D eigenvalue weighted by molar-refractivity contribution is 7.13. The molecule has 158 valence electrons. The molecule has 9 heteroatoms. The maximum atomic E-state index is 12.0. The summed E-state index contributed by atoms with van der Waals surface area (Å²) < 4.78 is 5.21. The monoisotopic (exact) mass is 454 g/mol. The fourth-order valence-electron chi connectivity index (χ4n) is 3.39. The van der Waals surface area contributed by atoms with Crippen molar-refractivity contribution in [1.29, 1.82) is 0 Å². The van der Waals surface area contributed by atoms with Crippen LogP contribution in [0.3, 0.4) is 0 Å². The van der Waals surface area contributed by atoms with Gasteiger partial charge in [-0.05, 0) is 55.3 Å². The predicted octanol–water partition coefficient (Wildman–Crippen LogP) is 5.98. The molecule has 2 aromatic carbocycles. The molecule has 0 fully saturated rings. The van der Waals surface area contributed by atoms with Gasteiger partial charge in [-0.15, -0.1) is 11.3 Å². The fourth-order valence-corrected chi connectivity index (χ4v) is 4.41. The number of carboxylic acid groups (broad SMARTS) is 1. The van der Waals surface area contributed by atoms with E-state index in [0.717, 1.165) is 27.4 Å². The first-order valence-electron chi connectivity index (χ1n) is 9.32. The Morgan fingerprint density at radius 2 is 1.97 bits per heavy atom. The number of aromatic carboxylic acids is 1. The molecule has 0 saturated carbocycles. The lowest BCUT2D eigenvalue weighted by atomic mass is 10.0. The molecule has 31 heavy (non-hydrogen) atoms. The molecule has 4 rings (SSSR count). The Labute approximate surface area is 187 Å². The van der Waals surface area contributed by atoms with Crippen LogP contribution in [0.2, 0.25) is 5.02 Å². The molecular formula is C22H19ClN4O3S. The van der Waals surface area contributed by atoms with Gasteiger partial charge < -0.3 is 9.84 Å². The largest absolute Gasteiger partial charge is 0.480 e. The van der Waals surface area contributed by atoms with Crippen molar-refractivity contribution in [1.82, 2.24) is 15.2 Å². The standard InChI is InChI=1S/C22H19ClN4O3S/c1-12-9-18(13(2)8-15(12)21-25-20(30-3)11-31-21)27(19-6-7-24-26-19)17-5-4-14(23)10-16(17)22(28)29/h4-11H,1-3H3,(H,24,26)(H,28,29). The zero-order valence-corrected chi connectivity index (χ0v) is 18.6. The summed E-state index contributed by atoms with van der Waals surface area (Å²) in [5.41, 5.74) is 4.32. The third-order valence-electron chi connectivity index (χ3n) is 4.86. The van der Waals surface area contributed by atoms with Crippen molar-refractivity contribution in [3.05, 3.63) is 69.7 Å². The predicted molar refractivity (Wildman–Crippen MR) is 122 cm³/mol. The van der Waals surface area contributed by atoms with E-state index in [4.69, 9.17) is 16.3 Å². The van der Waals surface area contributed by atoms with Crippen LogP contribution in [0.25, 0.3) is 10.6 Å². The number of rotatable bonds is 6. The number of carboxylic acids is 1. The van der Waals surface area contributed by atoms with E-state index in [2.05, 4.69) is 15.2 Å². The highest BCUT2D eigenvalue weighted by atomic mass is 35.5. The van der Waals surface area contributed by atoms with Gasteiger partial charge in [-0.3, -0.25) is 10.00 Å². The SMILES string of the molecule is COc1csc(-c2cc(C)c(N(c3ccn[nH]3)c3ccc(Cl)cc3C(=O)O)cc2C)n1. The molecule has 2 aromatic heterocycles. The number of methoxy groups -OCH3 is 1. The number of hydrogen-bond acceptors (Lipinski definition) is 6. The van der Waals surface area contributed by atoms with E-state index in [9.17, 15) is 9.90 Å². The molecule has 0 aliphatic heterocycles. The van der Waals surface area contributed by atoms with E-state index in [-0.39, 0.29) is 5.56 Å². The minimum Gasteiger partial charge on any atom is -0.480 e. The second kappa shape index (κ2) is 8.41. The van der Waals surface area contributed by atoms with Crippen LogP contribution < -0.4 is 9.64 Å². The van der Waals surface area contributed by atoms with Crippen molar-refractivity contribution in [2.24, 2.45) is 0 Å². The maximum Gasteiger partial charge on any atom is 0.337 e. The summed E-state index contributed by atoms with van der Waals surface area (Å²) in [6.07, 6.45) is 1.62. The number of anilines is 3. The van der Waals surface area contributed by atoms with Gasteiger partial charge in [0, 0.05) is 16.7 Å². The number of ether oxygens (including phenoxy) is 1. The average Bonchev–Trinajstić information content (AvgIpc) is 3.43. The van der Waals surface area contributed by atoms with Gasteiger partial charge in [0.2, 0.25) is 5.88 Å². The zero-order valence-electron chi connectivity index (χ0n) is 17.0. The third-order valence-corrected chi connectivity index (χ3v) is 5.95. The van der Waals surface area contributed by atoms with Crippen molar-refractivity contribution in [2.45, 2.75) is 13.8 Å². The summed E-state index contributed by atoms with van der Waals surface area (Å²) in [6, 6.07) is 10.7. The van der Waals surface area contributed by atoms with Crippen molar-refractivity contribution >= 4 is 46.1 Å². The third kappa shape index (κ3) is 3.99. The van der Waals surface area contributed by atoms with Gasteiger partial charge >= 0.3 is 5.97 Å². The molecule has 0 saturated heterocycles. The lowest BCUT2D eigenvalue weighted by Gasteiger charge is -2.27. The molecule has 4 aromatic rings. The first-order chi connectivity index (χ1) is 14.9. The summed E-state index contributed by atoms with van der Waals surface area (Å²) >= 11 is 7.59. The van der Waals surface area contributed by atoms with Crippen molar-refractivity contribution in [3.63, 3.8) is 0 Å². The molecular weight excluding hydrogens is 436 g/mol. The number of hydrogen-bond donors (Lipinski definition) is 2. The van der Waals surface area contributed by atoms with Crippen LogP contribution in [0, 0.1) is 13.8 Å². The smallest absolute Gasteiger partial charge is 0.337 e. The van der Waals surface area contributed by atoms with E-state index in [1.807, 2.05) is 36.3 Å². The quantitative estimate of drug-likeness (QED) is 0.372. The van der Waals surface area contributed by atoms with E-state index in [1.165, 1.54) is 17.4 Å². The summed E-state index contributed by atoms with van der Waals surface area (Å²) in [6.45, 7) is 3.97. The Morgan fingerprint density at radius 1 is 1.16 bits per heavy atom. The Bertz CT molecular complexity index is 1250. The molecule has 0 aliphatic carbocycles. The second-order valence-corrected chi connectivity index (χ2v) is 8.19. The number of thiazole rings is 1. The van der Waals surface area contributed by atoms with Crippen LogP contribution in [0.5, 0.6) is 5.88 Å². The Kier molecular flexibility index (Phi) is 5.67. The number of aryl methyl sites for hydroxylation is 2. The van der Waals surface area contributed by atoms with Crippen molar-refractivity contribution in [3.8, 4) is 16.5 Å². The number of aromatic amines is 1. The molecule has 0 amide bonds. The van der Waals surface area contributed by atoms with Gasteiger partial charge in [-0.2, -0.15) is 5.10 Å². The van der Waals surface area contributed by atoms with Crippen molar-refractivity contribution < 1.29 is 14.6 Å². The zero-order chi connectivity index (χ0) is 22.1. The first kappa shape index (κ1) is 20.9. The number of nitrogens with zero attached hydrogens (tertiary/aromatic N) is 3. The summed E-state index contributed by atoms with van der Waals surface area (Å²) in [7, 11) is 1.59. The normalized spacial score (nSPS) is 10.8. The van der Waals surface area contributed by atoms with Gasteiger partial charge in [0.15, 0.2) is 0 Å². The lowest BCUT2D eigenvalue weighted by Crippen LogP contribution is -2.16. The summed E-state index contributed by atoms with van der Waals surface area (Å²) in [5.74, 6) is 0.145. The highest BCUT2D eigenvalue weighted by Crippen LogP contribution is 2.41. The van der Waals surface area contributed by atoms with E-state index in [0.29, 0.717) is 22.4 Å². The van der Waals surface area contributed by atoms with Crippen LogP contribution in [0.4, 0.5) is 17.2 Å². The number of halogens is 1. The van der Waals surface area contributed by atoms with Gasteiger partial charge in [0.05, 0.1) is 35.6 Å². The van der Waals surface area contributed by atoms with Crippen LogP contribution in [-0.4, -0.2) is 33.4 Å². The molecule has 0 bridgehead atoms. The molecule has 0 radical (unpaired) electrons. The highest BCUT2D eigenvalue weighted by Gasteiger charge is 2.23. The van der Waals surface area contributed by atoms with Crippen LogP contribution >= 0.6 is 22.9 Å². The molecule has 2 heterocycles. The summed E-state index contributed by atoms with van der Waals surface area (Å²) in [5, 5.41) is 19.9. The van der Waals surface area contributed by atoms with Crippen molar-refractivity contribution in [2.75, 3.05) is 12.0 Å². The van der Waals surface area contributed by atoms with Crippen LogP contribution in [0.1, 0.15) is 21.5 Å². The Morgan fingerprint density at radius 3 is 2.61 bits per heavy atom. The minimum absolute atomic E-state index is 0.0906. The number of carbonyl (C=O) groups is 1. The molecule has 0 unspecified atom stereocenters. The molecule has 0 aliphatic rings. The average molecular weight is 455 g/mol. The maximum absolute atomic E-state index is 12.0. The van der Waals surface area contributed by atoms with Gasteiger partial charge in [0.1, 0.15) is 10.8 Å². The van der Waals surface area contributed by atoms with E-state index < -0.39 is 5.97 Å². The Balaban J connectivity index is 1.90. The number of nitrogens with one attached hydrogen (secondary N) is 1.